The van der Waals surface area contributed by atoms with Gasteiger partial charge >= 0.3 is 0 Å². The Labute approximate surface area is 85.3 Å². The third-order valence-corrected chi connectivity index (χ3v) is 1.55. The zero-order chi connectivity index (χ0) is 11.3. The van der Waals surface area contributed by atoms with E-state index in [-0.39, 0.29) is 17.5 Å². The summed E-state index contributed by atoms with van der Waals surface area (Å²) < 4.78 is 12.9. The summed E-state index contributed by atoms with van der Waals surface area (Å²) in [4.78, 5) is 24.2. The standard InChI is InChI=1S/C10H7FN2O2/c11-10-8(6-14)7(4-5-13-10)2-1-3-9(12)15/h4-6H,3H2,(H2,12,15). The van der Waals surface area contributed by atoms with Crippen LogP contribution in [0.4, 0.5) is 4.39 Å². The molecule has 0 atom stereocenters. The maximum atomic E-state index is 12.9. The van der Waals surface area contributed by atoms with Gasteiger partial charge in [-0.25, -0.2) is 4.98 Å². The van der Waals surface area contributed by atoms with Crippen LogP contribution in [0, 0.1) is 17.8 Å². The van der Waals surface area contributed by atoms with Crippen molar-refractivity contribution in [1.82, 2.24) is 4.98 Å². The van der Waals surface area contributed by atoms with Gasteiger partial charge in [0.15, 0.2) is 6.29 Å². The van der Waals surface area contributed by atoms with Crippen molar-refractivity contribution < 1.29 is 14.0 Å². The smallest absolute Gasteiger partial charge is 0.229 e. The number of primary amides is 1. The van der Waals surface area contributed by atoms with Gasteiger partial charge in [-0.15, -0.1) is 0 Å². The highest BCUT2D eigenvalue weighted by atomic mass is 19.1. The van der Waals surface area contributed by atoms with E-state index in [0.29, 0.717) is 6.29 Å². The van der Waals surface area contributed by atoms with Crippen LogP contribution < -0.4 is 5.73 Å². The number of amides is 1. The number of pyridine rings is 1. The lowest BCUT2D eigenvalue weighted by Gasteiger charge is -1.95. The maximum Gasteiger partial charge on any atom is 0.229 e. The molecule has 1 amide bonds. The Balaban J connectivity index is 3.02. The Morgan fingerprint density at radius 2 is 2.40 bits per heavy atom. The van der Waals surface area contributed by atoms with Gasteiger partial charge in [-0.1, -0.05) is 11.8 Å². The van der Waals surface area contributed by atoms with Crippen molar-refractivity contribution in [2.24, 2.45) is 5.73 Å². The van der Waals surface area contributed by atoms with Gasteiger partial charge in [0.2, 0.25) is 11.9 Å². The lowest BCUT2D eigenvalue weighted by molar-refractivity contribution is -0.117. The number of hydrogen-bond donors (Lipinski definition) is 1. The number of halogens is 1. The Hall–Kier alpha value is -2.22. The first-order valence-corrected chi connectivity index (χ1v) is 4.02. The van der Waals surface area contributed by atoms with E-state index in [9.17, 15) is 14.0 Å². The molecule has 0 aliphatic rings. The van der Waals surface area contributed by atoms with E-state index in [1.54, 1.807) is 0 Å². The fraction of sp³-hybridized carbons (Fsp3) is 0.100. The Bertz CT molecular complexity index is 460. The Morgan fingerprint density at radius 1 is 1.67 bits per heavy atom. The van der Waals surface area contributed by atoms with Gasteiger partial charge in [0.05, 0.1) is 12.0 Å². The molecule has 0 saturated heterocycles. The van der Waals surface area contributed by atoms with E-state index >= 15 is 0 Å². The summed E-state index contributed by atoms with van der Waals surface area (Å²) >= 11 is 0. The minimum atomic E-state index is -0.879. The third kappa shape index (κ3) is 2.88. The van der Waals surface area contributed by atoms with Gasteiger partial charge in [0.25, 0.3) is 0 Å². The van der Waals surface area contributed by atoms with Crippen molar-refractivity contribution in [2.75, 3.05) is 0 Å². The number of aldehydes is 1. The first-order valence-electron chi connectivity index (χ1n) is 4.02. The van der Waals surface area contributed by atoms with Crippen molar-refractivity contribution in [3.63, 3.8) is 0 Å². The second-order valence-electron chi connectivity index (χ2n) is 2.63. The molecule has 0 fully saturated rings. The summed E-state index contributed by atoms with van der Waals surface area (Å²) in [6.45, 7) is 0. The van der Waals surface area contributed by atoms with E-state index in [1.165, 1.54) is 12.3 Å². The van der Waals surface area contributed by atoms with Gasteiger partial charge in [-0.2, -0.15) is 4.39 Å². The second kappa shape index (κ2) is 4.86. The van der Waals surface area contributed by atoms with Crippen LogP contribution in [0.1, 0.15) is 22.3 Å². The largest absolute Gasteiger partial charge is 0.369 e. The quantitative estimate of drug-likeness (QED) is 0.428. The summed E-state index contributed by atoms with van der Waals surface area (Å²) in [7, 11) is 0. The van der Waals surface area contributed by atoms with E-state index in [2.05, 4.69) is 16.8 Å². The van der Waals surface area contributed by atoms with Crippen LogP contribution in [0.15, 0.2) is 12.3 Å². The molecule has 1 aromatic rings. The second-order valence-corrected chi connectivity index (χ2v) is 2.63. The van der Waals surface area contributed by atoms with Gasteiger partial charge < -0.3 is 5.73 Å². The number of carbonyl (C=O) groups excluding carboxylic acids is 2. The fourth-order valence-corrected chi connectivity index (χ4v) is 0.895. The molecule has 1 aromatic heterocycles. The van der Waals surface area contributed by atoms with Gasteiger partial charge in [0.1, 0.15) is 0 Å². The monoisotopic (exact) mass is 206 g/mol. The lowest BCUT2D eigenvalue weighted by Crippen LogP contribution is -2.08. The minimum Gasteiger partial charge on any atom is -0.369 e. The summed E-state index contributed by atoms with van der Waals surface area (Å²) in [6.07, 6.45) is 1.38. The Kier molecular flexibility index (Phi) is 3.52. The molecule has 0 radical (unpaired) electrons. The first kappa shape index (κ1) is 10.9. The summed E-state index contributed by atoms with van der Waals surface area (Å²) in [6, 6.07) is 1.39. The van der Waals surface area contributed by atoms with Crippen molar-refractivity contribution in [2.45, 2.75) is 6.42 Å². The number of aromatic nitrogens is 1. The molecule has 0 unspecified atom stereocenters. The molecule has 76 valence electrons. The molecule has 1 rings (SSSR count). The van der Waals surface area contributed by atoms with Crippen LogP contribution in [0.25, 0.3) is 0 Å². The van der Waals surface area contributed by atoms with Crippen LogP contribution in [-0.4, -0.2) is 17.2 Å². The van der Waals surface area contributed by atoms with Crippen molar-refractivity contribution >= 4 is 12.2 Å². The third-order valence-electron chi connectivity index (χ3n) is 1.55. The van der Waals surface area contributed by atoms with Crippen molar-refractivity contribution in [3.8, 4) is 11.8 Å². The van der Waals surface area contributed by atoms with E-state index in [0.717, 1.165) is 0 Å². The molecular weight excluding hydrogens is 199 g/mol. The molecule has 15 heavy (non-hydrogen) atoms. The number of hydrogen-bond acceptors (Lipinski definition) is 3. The van der Waals surface area contributed by atoms with Gasteiger partial charge in [0, 0.05) is 11.8 Å². The SMILES string of the molecule is NC(=O)CC#Cc1ccnc(F)c1C=O. The highest BCUT2D eigenvalue weighted by Crippen LogP contribution is 2.06. The predicted molar refractivity (Wildman–Crippen MR) is 50.3 cm³/mol. The average Bonchev–Trinajstić information content (AvgIpc) is 2.17. The molecule has 0 bridgehead atoms. The highest BCUT2D eigenvalue weighted by Gasteiger charge is 2.05. The lowest BCUT2D eigenvalue weighted by atomic mass is 10.1. The molecule has 2 N–H and O–H groups in total. The Morgan fingerprint density at radius 3 is 3.00 bits per heavy atom. The van der Waals surface area contributed by atoms with Crippen LogP contribution in [-0.2, 0) is 4.79 Å². The van der Waals surface area contributed by atoms with Gasteiger partial charge in [-0.05, 0) is 6.07 Å². The number of carbonyl (C=O) groups is 2. The first-order chi connectivity index (χ1) is 7.15. The van der Waals surface area contributed by atoms with Crippen molar-refractivity contribution in [1.29, 1.82) is 0 Å². The maximum absolute atomic E-state index is 12.9. The van der Waals surface area contributed by atoms with Crippen LogP contribution >= 0.6 is 0 Å². The molecule has 5 heteroatoms. The summed E-state index contributed by atoms with van der Waals surface area (Å²) in [5.74, 6) is 3.44. The van der Waals surface area contributed by atoms with Gasteiger partial charge in [-0.3, -0.25) is 9.59 Å². The number of nitrogens with zero attached hydrogens (tertiary/aromatic N) is 1. The van der Waals surface area contributed by atoms with E-state index in [4.69, 9.17) is 5.73 Å². The normalized spacial score (nSPS) is 8.87. The van der Waals surface area contributed by atoms with Crippen LogP contribution in [0.5, 0.6) is 0 Å². The topological polar surface area (TPSA) is 73.1 Å². The van der Waals surface area contributed by atoms with Crippen LogP contribution in [0.3, 0.4) is 0 Å². The number of nitrogens with two attached hydrogens (primary N) is 1. The highest BCUT2D eigenvalue weighted by molar-refractivity contribution is 5.80. The molecule has 0 saturated carbocycles. The van der Waals surface area contributed by atoms with E-state index in [1.807, 2.05) is 0 Å². The zero-order valence-corrected chi connectivity index (χ0v) is 7.66. The summed E-state index contributed by atoms with van der Waals surface area (Å²) in [5.41, 5.74) is 4.84. The zero-order valence-electron chi connectivity index (χ0n) is 7.66. The minimum absolute atomic E-state index is 0.137. The molecule has 4 nitrogen and oxygen atoms in total. The van der Waals surface area contributed by atoms with Crippen LogP contribution in [0.2, 0.25) is 0 Å². The molecular formula is C10H7FN2O2. The number of rotatable bonds is 2. The molecule has 0 aliphatic heterocycles. The summed E-state index contributed by atoms with van der Waals surface area (Å²) in [5, 5.41) is 0. The molecule has 0 aliphatic carbocycles. The average molecular weight is 206 g/mol. The molecule has 1 heterocycles. The molecule has 0 spiro atoms. The molecule has 0 aromatic carbocycles. The predicted octanol–water partition coefficient (Wildman–Crippen LogP) is 0.260. The fourth-order valence-electron chi connectivity index (χ4n) is 0.895. The van der Waals surface area contributed by atoms with Crippen molar-refractivity contribution in [3.05, 3.63) is 29.3 Å². The van der Waals surface area contributed by atoms with E-state index < -0.39 is 11.9 Å².